The summed E-state index contributed by atoms with van der Waals surface area (Å²) in [6, 6.07) is -0.349. The number of carboxylic acids is 1. The van der Waals surface area contributed by atoms with Crippen LogP contribution in [0.3, 0.4) is 0 Å². The summed E-state index contributed by atoms with van der Waals surface area (Å²) in [5.41, 5.74) is 0. The molecule has 1 aliphatic rings. The van der Waals surface area contributed by atoms with E-state index < -0.39 is 28.8 Å². The van der Waals surface area contributed by atoms with E-state index in [-0.39, 0.29) is 6.04 Å². The van der Waals surface area contributed by atoms with Crippen molar-refractivity contribution in [1.29, 1.82) is 0 Å². The Balaban J connectivity index is 2.76. The summed E-state index contributed by atoms with van der Waals surface area (Å²) >= 11 is 0. The Morgan fingerprint density at radius 1 is 1.50 bits per heavy atom. The Kier molecular flexibility index (Phi) is 3.70. The van der Waals surface area contributed by atoms with E-state index in [4.69, 9.17) is 5.11 Å². The van der Waals surface area contributed by atoms with Crippen molar-refractivity contribution in [3.8, 4) is 0 Å². The molecular formula is C7H12N2O6S. The van der Waals surface area contributed by atoms with Crippen LogP contribution in [-0.4, -0.2) is 49.6 Å². The normalized spacial score (nSPS) is 15.9. The maximum Gasteiger partial charge on any atom is 0.421 e. The zero-order valence-corrected chi connectivity index (χ0v) is 9.36. The maximum absolute atomic E-state index is 11.6. The highest BCUT2D eigenvalue weighted by atomic mass is 32.2. The molecule has 1 amide bonds. The number of hydrogen-bond donors (Lipinski definition) is 2. The third-order valence-corrected chi connectivity index (χ3v) is 3.42. The van der Waals surface area contributed by atoms with Crippen LogP contribution in [0.5, 0.6) is 0 Å². The number of hydrogen-bond acceptors (Lipinski definition) is 5. The molecule has 9 heteroatoms. The van der Waals surface area contributed by atoms with Crippen LogP contribution < -0.4 is 4.72 Å². The third-order valence-electron chi connectivity index (χ3n) is 1.95. The van der Waals surface area contributed by atoms with Crippen LogP contribution in [0, 0.1) is 0 Å². The van der Waals surface area contributed by atoms with E-state index in [2.05, 4.69) is 4.74 Å². The second-order valence-corrected chi connectivity index (χ2v) is 4.89. The Labute approximate surface area is 92.4 Å². The minimum atomic E-state index is -4.14. The lowest BCUT2D eigenvalue weighted by Crippen LogP contribution is -2.46. The van der Waals surface area contributed by atoms with Crippen LogP contribution in [0.1, 0.15) is 12.8 Å². The molecule has 1 rings (SSSR count). The molecule has 0 unspecified atom stereocenters. The molecule has 1 fully saturated rings. The van der Waals surface area contributed by atoms with Crippen LogP contribution in [0.4, 0.5) is 4.79 Å². The Hall–Kier alpha value is -1.35. The zero-order chi connectivity index (χ0) is 12.3. The van der Waals surface area contributed by atoms with Crippen molar-refractivity contribution in [2.75, 3.05) is 13.7 Å². The van der Waals surface area contributed by atoms with Crippen molar-refractivity contribution in [2.24, 2.45) is 0 Å². The van der Waals surface area contributed by atoms with Gasteiger partial charge in [-0.25, -0.2) is 9.52 Å². The molecule has 0 saturated heterocycles. The molecule has 0 bridgehead atoms. The first-order chi connectivity index (χ1) is 7.36. The lowest BCUT2D eigenvalue weighted by Gasteiger charge is -2.19. The first-order valence-corrected chi connectivity index (χ1v) is 5.90. The van der Waals surface area contributed by atoms with E-state index in [1.807, 2.05) is 0 Å². The summed E-state index contributed by atoms with van der Waals surface area (Å²) in [7, 11) is -3.12. The van der Waals surface area contributed by atoms with E-state index in [1.54, 1.807) is 4.72 Å². The van der Waals surface area contributed by atoms with Gasteiger partial charge in [0.05, 0.1) is 7.11 Å². The molecule has 1 saturated carbocycles. The summed E-state index contributed by atoms with van der Waals surface area (Å²) in [5, 5.41) is 8.57. The van der Waals surface area contributed by atoms with Gasteiger partial charge in [-0.2, -0.15) is 12.7 Å². The van der Waals surface area contributed by atoms with Crippen LogP contribution in [0.25, 0.3) is 0 Å². The number of aliphatic carboxylic acids is 1. The highest BCUT2D eigenvalue weighted by molar-refractivity contribution is 7.87. The first-order valence-electron chi connectivity index (χ1n) is 4.46. The summed E-state index contributed by atoms with van der Waals surface area (Å²) in [6.07, 6.45) is 0.0427. The van der Waals surface area contributed by atoms with Gasteiger partial charge in [-0.15, -0.1) is 0 Å². The molecular weight excluding hydrogens is 240 g/mol. The Morgan fingerprint density at radius 2 is 2.06 bits per heavy atom. The zero-order valence-electron chi connectivity index (χ0n) is 8.54. The van der Waals surface area contributed by atoms with Gasteiger partial charge in [-0.3, -0.25) is 4.79 Å². The monoisotopic (exact) mass is 252 g/mol. The van der Waals surface area contributed by atoms with Gasteiger partial charge in [-0.1, -0.05) is 0 Å². The standard InChI is InChI=1S/C7H12N2O6S/c1-15-7(12)8-16(13,14)9(4-6(10)11)5-2-3-5/h5H,2-4H2,1H3,(H,8,12)(H,10,11). The largest absolute Gasteiger partial charge is 0.480 e. The van der Waals surface area contributed by atoms with Crippen molar-refractivity contribution in [1.82, 2.24) is 9.03 Å². The lowest BCUT2D eigenvalue weighted by molar-refractivity contribution is -0.137. The van der Waals surface area contributed by atoms with Gasteiger partial charge < -0.3 is 9.84 Å². The molecule has 0 aromatic carbocycles. The lowest BCUT2D eigenvalue weighted by atomic mass is 10.6. The van der Waals surface area contributed by atoms with Gasteiger partial charge in [0.25, 0.3) is 0 Å². The average molecular weight is 252 g/mol. The molecule has 0 atom stereocenters. The molecule has 0 aromatic heterocycles. The van der Waals surface area contributed by atoms with Crippen LogP contribution in [0.2, 0.25) is 0 Å². The number of carbonyl (C=O) groups is 2. The van der Waals surface area contributed by atoms with Crippen molar-refractivity contribution >= 4 is 22.3 Å². The molecule has 8 nitrogen and oxygen atoms in total. The SMILES string of the molecule is COC(=O)NS(=O)(=O)N(CC(=O)O)C1CC1. The molecule has 0 heterocycles. The second kappa shape index (κ2) is 4.66. The van der Waals surface area contributed by atoms with Gasteiger partial charge in [0, 0.05) is 6.04 Å². The highest BCUT2D eigenvalue weighted by Crippen LogP contribution is 2.28. The summed E-state index contributed by atoms with van der Waals surface area (Å²) in [4.78, 5) is 21.3. The second-order valence-electron chi connectivity index (χ2n) is 3.27. The number of ether oxygens (including phenoxy) is 1. The van der Waals surface area contributed by atoms with Gasteiger partial charge >= 0.3 is 22.3 Å². The average Bonchev–Trinajstić information content (AvgIpc) is 2.96. The minimum absolute atomic E-state index is 0.349. The van der Waals surface area contributed by atoms with Crippen LogP contribution >= 0.6 is 0 Å². The molecule has 0 aliphatic heterocycles. The first kappa shape index (κ1) is 12.7. The van der Waals surface area contributed by atoms with Crippen molar-refractivity contribution in [2.45, 2.75) is 18.9 Å². The summed E-state index contributed by atoms with van der Waals surface area (Å²) in [5.74, 6) is -1.28. The maximum atomic E-state index is 11.6. The molecule has 1 aliphatic carbocycles. The molecule has 16 heavy (non-hydrogen) atoms. The fourth-order valence-electron chi connectivity index (χ4n) is 1.11. The summed E-state index contributed by atoms with van der Waals surface area (Å²) in [6.45, 7) is -0.670. The number of nitrogens with zero attached hydrogens (tertiary/aromatic N) is 1. The van der Waals surface area contributed by atoms with E-state index in [0.29, 0.717) is 12.8 Å². The van der Waals surface area contributed by atoms with Gasteiger partial charge in [0.15, 0.2) is 0 Å². The van der Waals surface area contributed by atoms with E-state index in [0.717, 1.165) is 11.4 Å². The van der Waals surface area contributed by atoms with Gasteiger partial charge in [0.2, 0.25) is 0 Å². The number of nitrogens with one attached hydrogen (secondary N) is 1. The minimum Gasteiger partial charge on any atom is -0.480 e. The molecule has 0 radical (unpaired) electrons. The molecule has 2 N–H and O–H groups in total. The van der Waals surface area contributed by atoms with Crippen LogP contribution in [-0.2, 0) is 19.7 Å². The van der Waals surface area contributed by atoms with Crippen molar-refractivity contribution < 1.29 is 27.9 Å². The summed E-state index contributed by atoms with van der Waals surface area (Å²) < 4.78 is 29.6. The smallest absolute Gasteiger partial charge is 0.421 e. The fourth-order valence-corrected chi connectivity index (χ4v) is 2.41. The molecule has 0 spiro atoms. The number of carbonyl (C=O) groups excluding carboxylic acids is 1. The number of amides is 1. The quantitative estimate of drug-likeness (QED) is 0.658. The Morgan fingerprint density at radius 3 is 2.44 bits per heavy atom. The number of rotatable bonds is 5. The van der Waals surface area contributed by atoms with E-state index >= 15 is 0 Å². The Bertz CT molecular complexity index is 388. The van der Waals surface area contributed by atoms with Crippen LogP contribution in [0.15, 0.2) is 0 Å². The molecule has 0 aromatic rings. The van der Waals surface area contributed by atoms with Gasteiger partial charge in [-0.05, 0) is 12.8 Å². The molecule has 92 valence electrons. The number of carboxylic acid groups (broad SMARTS) is 1. The van der Waals surface area contributed by atoms with E-state index in [9.17, 15) is 18.0 Å². The topological polar surface area (TPSA) is 113 Å². The number of methoxy groups -OCH3 is 1. The van der Waals surface area contributed by atoms with Crippen molar-refractivity contribution in [3.63, 3.8) is 0 Å². The highest BCUT2D eigenvalue weighted by Gasteiger charge is 2.39. The van der Waals surface area contributed by atoms with Gasteiger partial charge in [0.1, 0.15) is 6.54 Å². The predicted molar refractivity (Wildman–Crippen MR) is 51.8 cm³/mol. The predicted octanol–water partition coefficient (Wildman–Crippen LogP) is -0.864. The third kappa shape index (κ3) is 3.35. The van der Waals surface area contributed by atoms with E-state index in [1.165, 1.54) is 0 Å². The van der Waals surface area contributed by atoms with Crippen molar-refractivity contribution in [3.05, 3.63) is 0 Å². The fraction of sp³-hybridized carbons (Fsp3) is 0.714.